The number of carbonyl (C=O) groups is 1. The Morgan fingerprint density at radius 2 is 2.05 bits per heavy atom. The van der Waals surface area contributed by atoms with E-state index < -0.39 is 37.1 Å². The number of nitrogens with zero attached hydrogens (tertiary/aromatic N) is 1. The average Bonchev–Trinajstić information content (AvgIpc) is 2.39. The van der Waals surface area contributed by atoms with E-state index in [1.165, 1.54) is 4.90 Å². The van der Waals surface area contributed by atoms with Crippen LogP contribution in [0.1, 0.15) is 30.1 Å². The second-order valence-electron chi connectivity index (χ2n) is 5.20. The van der Waals surface area contributed by atoms with Crippen LogP contribution in [0.3, 0.4) is 0 Å². The van der Waals surface area contributed by atoms with E-state index in [1.54, 1.807) is 0 Å². The van der Waals surface area contributed by atoms with Gasteiger partial charge in [0.15, 0.2) is 11.6 Å². The lowest BCUT2D eigenvalue weighted by molar-refractivity contribution is 0.0677. The molecule has 0 aliphatic carbocycles. The standard InChI is InChI=1S/C13H14ClF2NO3S/c1-8-3-2-4-17(7-8)13(18)10-5-9(21(14,19)20)6-11(15)12(10)16/h5-6,8H,2-4,7H2,1H3. The van der Waals surface area contributed by atoms with E-state index in [1.807, 2.05) is 6.92 Å². The van der Waals surface area contributed by atoms with Crippen molar-refractivity contribution < 1.29 is 22.0 Å². The van der Waals surface area contributed by atoms with Crippen molar-refractivity contribution in [2.75, 3.05) is 13.1 Å². The van der Waals surface area contributed by atoms with Gasteiger partial charge in [0, 0.05) is 23.8 Å². The third-order valence-electron chi connectivity index (χ3n) is 3.46. The minimum Gasteiger partial charge on any atom is -0.338 e. The molecule has 0 spiro atoms. The van der Waals surface area contributed by atoms with Crippen LogP contribution in [0.5, 0.6) is 0 Å². The number of likely N-dealkylation sites (tertiary alicyclic amines) is 1. The Bertz CT molecular complexity index is 678. The highest BCUT2D eigenvalue weighted by Gasteiger charge is 2.27. The van der Waals surface area contributed by atoms with Gasteiger partial charge in [-0.15, -0.1) is 0 Å². The fourth-order valence-corrected chi connectivity index (χ4v) is 3.17. The van der Waals surface area contributed by atoms with Crippen LogP contribution in [-0.2, 0) is 9.05 Å². The molecule has 0 saturated carbocycles. The van der Waals surface area contributed by atoms with Gasteiger partial charge < -0.3 is 4.90 Å². The zero-order valence-corrected chi connectivity index (χ0v) is 12.8. The zero-order chi connectivity index (χ0) is 15.8. The van der Waals surface area contributed by atoms with Crippen molar-refractivity contribution in [2.45, 2.75) is 24.7 Å². The van der Waals surface area contributed by atoms with Gasteiger partial charge in [0.25, 0.3) is 15.0 Å². The molecule has 0 aromatic heterocycles. The second kappa shape index (κ2) is 5.88. The molecule has 1 saturated heterocycles. The minimum absolute atomic E-state index is 0.260. The highest BCUT2D eigenvalue weighted by atomic mass is 35.7. The average molecular weight is 338 g/mol. The maximum absolute atomic E-state index is 13.8. The summed E-state index contributed by atoms with van der Waals surface area (Å²) < 4.78 is 49.8. The number of hydrogen-bond donors (Lipinski definition) is 0. The molecule has 21 heavy (non-hydrogen) atoms. The van der Waals surface area contributed by atoms with E-state index in [0.717, 1.165) is 18.9 Å². The first-order valence-corrected chi connectivity index (χ1v) is 8.74. The van der Waals surface area contributed by atoms with Crippen molar-refractivity contribution in [3.8, 4) is 0 Å². The van der Waals surface area contributed by atoms with Crippen molar-refractivity contribution in [3.63, 3.8) is 0 Å². The maximum atomic E-state index is 13.8. The first-order valence-electron chi connectivity index (χ1n) is 6.43. The van der Waals surface area contributed by atoms with Gasteiger partial charge in [-0.05, 0) is 30.9 Å². The number of carbonyl (C=O) groups excluding carboxylic acids is 1. The van der Waals surface area contributed by atoms with Crippen LogP contribution < -0.4 is 0 Å². The highest BCUT2D eigenvalue weighted by molar-refractivity contribution is 8.13. The van der Waals surface area contributed by atoms with Crippen LogP contribution in [0.4, 0.5) is 8.78 Å². The summed E-state index contributed by atoms with van der Waals surface area (Å²) >= 11 is 0. The molecule has 0 bridgehead atoms. The first-order chi connectivity index (χ1) is 9.70. The number of hydrogen-bond acceptors (Lipinski definition) is 3. The van der Waals surface area contributed by atoms with Crippen molar-refractivity contribution in [1.29, 1.82) is 0 Å². The lowest BCUT2D eigenvalue weighted by atomic mass is 9.99. The Morgan fingerprint density at radius 3 is 2.62 bits per heavy atom. The normalized spacial score (nSPS) is 19.6. The largest absolute Gasteiger partial charge is 0.338 e. The molecule has 0 radical (unpaired) electrons. The van der Waals surface area contributed by atoms with Crippen molar-refractivity contribution in [3.05, 3.63) is 29.3 Å². The van der Waals surface area contributed by atoms with Gasteiger partial charge in [0.2, 0.25) is 0 Å². The van der Waals surface area contributed by atoms with Gasteiger partial charge in [-0.25, -0.2) is 17.2 Å². The Hall–Kier alpha value is -1.21. The van der Waals surface area contributed by atoms with Crippen LogP contribution in [0.25, 0.3) is 0 Å². The molecule has 1 fully saturated rings. The van der Waals surface area contributed by atoms with E-state index in [-0.39, 0.29) is 5.92 Å². The molecule has 1 unspecified atom stereocenters. The molecule has 1 aromatic rings. The Morgan fingerprint density at radius 1 is 1.38 bits per heavy atom. The van der Waals surface area contributed by atoms with Crippen LogP contribution in [0.15, 0.2) is 17.0 Å². The molecule has 8 heteroatoms. The van der Waals surface area contributed by atoms with E-state index >= 15 is 0 Å². The summed E-state index contributed by atoms with van der Waals surface area (Å²) in [5, 5.41) is 0. The molecule has 0 N–H and O–H groups in total. The summed E-state index contributed by atoms with van der Waals surface area (Å²) in [7, 11) is 0.882. The summed E-state index contributed by atoms with van der Waals surface area (Å²) in [4.78, 5) is 13.1. The van der Waals surface area contributed by atoms with Gasteiger partial charge in [-0.2, -0.15) is 0 Å². The van der Waals surface area contributed by atoms with Crippen LogP contribution in [-0.4, -0.2) is 32.3 Å². The van der Waals surface area contributed by atoms with E-state index in [9.17, 15) is 22.0 Å². The van der Waals surface area contributed by atoms with Gasteiger partial charge in [0.05, 0.1) is 10.5 Å². The SMILES string of the molecule is CC1CCCN(C(=O)c2cc(S(=O)(=O)Cl)cc(F)c2F)C1. The number of benzene rings is 1. The van der Waals surface area contributed by atoms with Crippen LogP contribution in [0, 0.1) is 17.6 Å². The lowest BCUT2D eigenvalue weighted by Crippen LogP contribution is -2.39. The van der Waals surface area contributed by atoms with E-state index in [0.29, 0.717) is 19.2 Å². The lowest BCUT2D eigenvalue weighted by Gasteiger charge is -2.31. The topological polar surface area (TPSA) is 54.5 Å². The highest BCUT2D eigenvalue weighted by Crippen LogP contribution is 2.24. The predicted octanol–water partition coefficient (Wildman–Crippen LogP) is 2.76. The molecule has 116 valence electrons. The smallest absolute Gasteiger partial charge is 0.261 e. The number of halogens is 3. The third-order valence-corrected chi connectivity index (χ3v) is 4.79. The molecular formula is C13H14ClF2NO3S. The molecule has 1 amide bonds. The summed E-state index contributed by atoms with van der Waals surface area (Å²) in [6.07, 6.45) is 1.72. The molecule has 1 atom stereocenters. The monoisotopic (exact) mass is 337 g/mol. The van der Waals surface area contributed by atoms with E-state index in [4.69, 9.17) is 10.7 Å². The zero-order valence-electron chi connectivity index (χ0n) is 11.3. The Kier molecular flexibility index (Phi) is 4.53. The molecule has 1 heterocycles. The van der Waals surface area contributed by atoms with Crippen LogP contribution >= 0.6 is 10.7 Å². The molecular weight excluding hydrogens is 324 g/mol. The fraction of sp³-hybridized carbons (Fsp3) is 0.462. The first kappa shape index (κ1) is 16.2. The summed E-state index contributed by atoms with van der Waals surface area (Å²) in [5.74, 6) is -3.23. The molecule has 1 aliphatic heterocycles. The summed E-state index contributed by atoms with van der Waals surface area (Å²) in [6.45, 7) is 2.82. The maximum Gasteiger partial charge on any atom is 0.261 e. The summed E-state index contributed by atoms with van der Waals surface area (Å²) in [5.41, 5.74) is -0.608. The van der Waals surface area contributed by atoms with Gasteiger partial charge in [-0.1, -0.05) is 6.92 Å². The third kappa shape index (κ3) is 3.52. The van der Waals surface area contributed by atoms with Crippen molar-refractivity contribution in [2.24, 2.45) is 5.92 Å². The Balaban J connectivity index is 2.43. The second-order valence-corrected chi connectivity index (χ2v) is 7.77. The molecule has 1 aliphatic rings. The van der Waals surface area contributed by atoms with Gasteiger partial charge in [0.1, 0.15) is 0 Å². The Labute approximate surface area is 126 Å². The van der Waals surface area contributed by atoms with E-state index in [2.05, 4.69) is 0 Å². The molecule has 4 nitrogen and oxygen atoms in total. The van der Waals surface area contributed by atoms with Gasteiger partial charge >= 0.3 is 0 Å². The number of rotatable bonds is 2. The number of piperidine rings is 1. The van der Waals surface area contributed by atoms with Crippen molar-refractivity contribution in [1.82, 2.24) is 4.90 Å². The molecule has 2 rings (SSSR count). The van der Waals surface area contributed by atoms with Crippen molar-refractivity contribution >= 4 is 25.6 Å². The number of amides is 1. The minimum atomic E-state index is -4.24. The summed E-state index contributed by atoms with van der Waals surface area (Å²) in [6, 6.07) is 1.25. The fourth-order valence-electron chi connectivity index (χ4n) is 2.40. The van der Waals surface area contributed by atoms with Gasteiger partial charge in [-0.3, -0.25) is 4.79 Å². The van der Waals surface area contributed by atoms with Crippen LogP contribution in [0.2, 0.25) is 0 Å². The molecule has 1 aromatic carbocycles. The predicted molar refractivity (Wildman–Crippen MR) is 73.7 cm³/mol. The quantitative estimate of drug-likeness (QED) is 0.780.